The highest BCUT2D eigenvalue weighted by Gasteiger charge is 2.41. The zero-order valence-corrected chi connectivity index (χ0v) is 9.69. The summed E-state index contributed by atoms with van der Waals surface area (Å²) in [5, 5.41) is 0. The fourth-order valence-electron chi connectivity index (χ4n) is 3.21. The van der Waals surface area contributed by atoms with Gasteiger partial charge in [0.15, 0.2) is 11.5 Å². The molecule has 2 heteroatoms. The van der Waals surface area contributed by atoms with Crippen LogP contribution in [0.15, 0.2) is 24.3 Å². The van der Waals surface area contributed by atoms with Crippen molar-refractivity contribution in [1.82, 2.24) is 0 Å². The van der Waals surface area contributed by atoms with Gasteiger partial charge in [-0.05, 0) is 49.7 Å². The lowest BCUT2D eigenvalue weighted by Crippen LogP contribution is -2.23. The number of ether oxygens (including phenoxy) is 2. The number of hydrogen-bond acceptors (Lipinski definition) is 2. The molecule has 0 heterocycles. The minimum absolute atomic E-state index is 0.426. The Morgan fingerprint density at radius 2 is 1.88 bits per heavy atom. The first-order valence-electron chi connectivity index (χ1n) is 6.16. The Labute approximate surface area is 96.6 Å². The number of hydrogen-bond donors (Lipinski definition) is 0. The van der Waals surface area contributed by atoms with Gasteiger partial charge in [0, 0.05) is 0 Å². The van der Waals surface area contributed by atoms with E-state index in [0.29, 0.717) is 6.10 Å². The van der Waals surface area contributed by atoms with E-state index < -0.39 is 0 Å². The summed E-state index contributed by atoms with van der Waals surface area (Å²) in [5.74, 6) is 3.47. The van der Waals surface area contributed by atoms with Crippen LogP contribution >= 0.6 is 0 Å². The van der Waals surface area contributed by atoms with E-state index >= 15 is 0 Å². The average Bonchev–Trinajstić information content (AvgIpc) is 2.92. The molecule has 0 saturated heterocycles. The van der Waals surface area contributed by atoms with Gasteiger partial charge in [-0.2, -0.15) is 0 Å². The number of para-hydroxylation sites is 2. The molecule has 0 radical (unpaired) electrons. The number of benzene rings is 1. The standard InChI is InChI=1S/C14H18O2/c1-15-12-4-2-3-5-13(12)16-14-9-10-6-7-11(14)8-10/h2-5,10-11,14H,6-9H2,1H3/t10-,11+,14-/m0/s1. The van der Waals surface area contributed by atoms with Crippen molar-refractivity contribution in [3.8, 4) is 11.5 Å². The Bertz CT molecular complexity index is 375. The molecule has 0 aliphatic heterocycles. The molecule has 3 rings (SSSR count). The first-order chi connectivity index (χ1) is 7.86. The van der Waals surface area contributed by atoms with Crippen LogP contribution in [0, 0.1) is 11.8 Å². The van der Waals surface area contributed by atoms with Crippen LogP contribution in [0.1, 0.15) is 25.7 Å². The van der Waals surface area contributed by atoms with E-state index in [-0.39, 0.29) is 0 Å². The smallest absolute Gasteiger partial charge is 0.161 e. The van der Waals surface area contributed by atoms with Gasteiger partial charge in [-0.25, -0.2) is 0 Å². The monoisotopic (exact) mass is 218 g/mol. The van der Waals surface area contributed by atoms with Crippen molar-refractivity contribution in [2.24, 2.45) is 11.8 Å². The van der Waals surface area contributed by atoms with E-state index in [4.69, 9.17) is 9.47 Å². The maximum Gasteiger partial charge on any atom is 0.161 e. The Kier molecular flexibility index (Phi) is 2.50. The van der Waals surface area contributed by atoms with Crippen LogP contribution in [0.4, 0.5) is 0 Å². The van der Waals surface area contributed by atoms with Crippen molar-refractivity contribution < 1.29 is 9.47 Å². The Balaban J connectivity index is 1.74. The highest BCUT2D eigenvalue weighted by Crippen LogP contribution is 2.46. The molecule has 2 nitrogen and oxygen atoms in total. The van der Waals surface area contributed by atoms with Crippen LogP contribution < -0.4 is 9.47 Å². The second-order valence-electron chi connectivity index (χ2n) is 4.98. The van der Waals surface area contributed by atoms with E-state index in [0.717, 1.165) is 23.3 Å². The molecule has 2 saturated carbocycles. The molecule has 86 valence electrons. The molecule has 2 bridgehead atoms. The first-order valence-corrected chi connectivity index (χ1v) is 6.16. The molecule has 3 atom stereocenters. The number of rotatable bonds is 3. The van der Waals surface area contributed by atoms with Gasteiger partial charge in [-0.3, -0.25) is 0 Å². The third-order valence-corrected chi connectivity index (χ3v) is 4.02. The Morgan fingerprint density at radius 3 is 2.50 bits per heavy atom. The maximum absolute atomic E-state index is 6.11. The van der Waals surface area contributed by atoms with Crippen LogP contribution in [0.3, 0.4) is 0 Å². The summed E-state index contributed by atoms with van der Waals surface area (Å²) >= 11 is 0. The van der Waals surface area contributed by atoms with Gasteiger partial charge in [0.25, 0.3) is 0 Å². The summed E-state index contributed by atoms with van der Waals surface area (Å²) in [6, 6.07) is 7.95. The lowest BCUT2D eigenvalue weighted by Gasteiger charge is -2.23. The molecule has 2 fully saturated rings. The molecule has 1 aromatic carbocycles. The predicted molar refractivity (Wildman–Crippen MR) is 62.9 cm³/mol. The van der Waals surface area contributed by atoms with E-state index in [9.17, 15) is 0 Å². The maximum atomic E-state index is 6.11. The van der Waals surface area contributed by atoms with Crippen LogP contribution in [0.5, 0.6) is 11.5 Å². The van der Waals surface area contributed by atoms with Gasteiger partial charge in [-0.15, -0.1) is 0 Å². The van der Waals surface area contributed by atoms with Crippen molar-refractivity contribution in [1.29, 1.82) is 0 Å². The van der Waals surface area contributed by atoms with Crippen molar-refractivity contribution in [3.05, 3.63) is 24.3 Å². The van der Waals surface area contributed by atoms with Gasteiger partial charge in [0.1, 0.15) is 6.10 Å². The minimum atomic E-state index is 0.426. The lowest BCUT2D eigenvalue weighted by molar-refractivity contribution is 0.133. The second-order valence-corrected chi connectivity index (χ2v) is 4.98. The summed E-state index contributed by atoms with van der Waals surface area (Å²) in [6.45, 7) is 0. The fourth-order valence-corrected chi connectivity index (χ4v) is 3.21. The second kappa shape index (κ2) is 4.00. The first kappa shape index (κ1) is 10.0. The van der Waals surface area contributed by atoms with E-state index in [1.54, 1.807) is 7.11 Å². The predicted octanol–water partition coefficient (Wildman–Crippen LogP) is 3.26. The molecule has 2 aliphatic carbocycles. The fraction of sp³-hybridized carbons (Fsp3) is 0.571. The zero-order chi connectivity index (χ0) is 11.0. The van der Waals surface area contributed by atoms with Gasteiger partial charge >= 0.3 is 0 Å². The molecule has 1 aromatic rings. The highest BCUT2D eigenvalue weighted by molar-refractivity contribution is 5.39. The summed E-state index contributed by atoms with van der Waals surface area (Å²) in [5.41, 5.74) is 0. The van der Waals surface area contributed by atoms with Crippen LogP contribution in [-0.4, -0.2) is 13.2 Å². The highest BCUT2D eigenvalue weighted by atomic mass is 16.5. The molecular weight excluding hydrogens is 200 g/mol. The van der Waals surface area contributed by atoms with Crippen LogP contribution in [0.25, 0.3) is 0 Å². The third-order valence-electron chi connectivity index (χ3n) is 4.02. The van der Waals surface area contributed by atoms with Crippen molar-refractivity contribution in [2.75, 3.05) is 7.11 Å². The average molecular weight is 218 g/mol. The van der Waals surface area contributed by atoms with Crippen LogP contribution in [-0.2, 0) is 0 Å². The molecule has 0 spiro atoms. The number of fused-ring (bicyclic) bond motifs is 2. The molecule has 16 heavy (non-hydrogen) atoms. The SMILES string of the molecule is COc1ccccc1O[C@H]1C[C@H]2CC[C@@H]1C2. The summed E-state index contributed by atoms with van der Waals surface area (Å²) < 4.78 is 11.4. The number of methoxy groups -OCH3 is 1. The largest absolute Gasteiger partial charge is 0.493 e. The van der Waals surface area contributed by atoms with Gasteiger partial charge in [-0.1, -0.05) is 12.1 Å². The summed E-state index contributed by atoms with van der Waals surface area (Å²) in [7, 11) is 1.70. The molecule has 0 aromatic heterocycles. The quantitative estimate of drug-likeness (QED) is 0.775. The van der Waals surface area contributed by atoms with Gasteiger partial charge in [0.05, 0.1) is 7.11 Å². The molecular formula is C14H18O2. The lowest BCUT2D eigenvalue weighted by atomic mass is 9.98. The zero-order valence-electron chi connectivity index (χ0n) is 9.69. The van der Waals surface area contributed by atoms with E-state index in [2.05, 4.69) is 0 Å². The minimum Gasteiger partial charge on any atom is -0.493 e. The summed E-state index contributed by atoms with van der Waals surface area (Å²) in [4.78, 5) is 0. The summed E-state index contributed by atoms with van der Waals surface area (Å²) in [6.07, 6.45) is 5.80. The van der Waals surface area contributed by atoms with Gasteiger partial charge < -0.3 is 9.47 Å². The molecule has 0 amide bonds. The van der Waals surface area contributed by atoms with E-state index in [1.807, 2.05) is 24.3 Å². The van der Waals surface area contributed by atoms with Crippen molar-refractivity contribution in [2.45, 2.75) is 31.8 Å². The Hall–Kier alpha value is -1.18. The normalized spacial score (nSPS) is 31.7. The molecule has 2 aliphatic rings. The topological polar surface area (TPSA) is 18.5 Å². The molecule has 0 unspecified atom stereocenters. The van der Waals surface area contributed by atoms with Crippen LogP contribution in [0.2, 0.25) is 0 Å². The van der Waals surface area contributed by atoms with Crippen molar-refractivity contribution >= 4 is 0 Å². The Morgan fingerprint density at radius 1 is 1.06 bits per heavy atom. The van der Waals surface area contributed by atoms with E-state index in [1.165, 1.54) is 25.7 Å². The van der Waals surface area contributed by atoms with Crippen molar-refractivity contribution in [3.63, 3.8) is 0 Å². The molecule has 0 N–H and O–H groups in total. The van der Waals surface area contributed by atoms with Gasteiger partial charge in [0.2, 0.25) is 0 Å². The third kappa shape index (κ3) is 1.66.